The van der Waals surface area contributed by atoms with Gasteiger partial charge in [-0.1, -0.05) is 38.5 Å². The van der Waals surface area contributed by atoms with Crippen LogP contribution in [0.4, 0.5) is 15.8 Å². The average molecular weight is 523 g/mol. The van der Waals surface area contributed by atoms with Gasteiger partial charge in [-0.25, -0.2) is 12.8 Å². The van der Waals surface area contributed by atoms with E-state index in [1.165, 1.54) is 47.4 Å². The average Bonchev–Trinajstić information content (AvgIpc) is 2.83. The van der Waals surface area contributed by atoms with Gasteiger partial charge in [0, 0.05) is 25.2 Å². The van der Waals surface area contributed by atoms with E-state index >= 15 is 0 Å². The minimum Gasteiger partial charge on any atom is -0.354 e. The second kappa shape index (κ2) is 13.0. The second-order valence-corrected chi connectivity index (χ2v) is 10.2. The Balaban J connectivity index is 2.43. The molecule has 196 valence electrons. The van der Waals surface area contributed by atoms with Gasteiger partial charge in [-0.2, -0.15) is 0 Å². The smallest absolute Gasteiger partial charge is 0.271 e. The number of nitrogens with zero attached hydrogens (tertiary/aromatic N) is 3. The van der Waals surface area contributed by atoms with E-state index in [1.54, 1.807) is 6.92 Å². The largest absolute Gasteiger partial charge is 0.354 e. The molecule has 2 amide bonds. The van der Waals surface area contributed by atoms with E-state index in [9.17, 15) is 32.5 Å². The van der Waals surface area contributed by atoms with Gasteiger partial charge in [0.15, 0.2) is 0 Å². The number of non-ortho nitro benzene ring substituents is 1. The molecule has 0 aromatic heterocycles. The van der Waals surface area contributed by atoms with Crippen molar-refractivity contribution in [3.63, 3.8) is 0 Å². The molecule has 1 atom stereocenters. The highest BCUT2D eigenvalue weighted by molar-refractivity contribution is 7.92. The Labute approximate surface area is 210 Å². The van der Waals surface area contributed by atoms with Gasteiger partial charge in [0.2, 0.25) is 21.8 Å². The Morgan fingerprint density at radius 3 is 2.36 bits per heavy atom. The third-order valence-electron chi connectivity index (χ3n) is 5.49. The molecule has 0 fully saturated rings. The zero-order valence-corrected chi connectivity index (χ0v) is 21.3. The molecule has 12 heteroatoms. The van der Waals surface area contributed by atoms with Gasteiger partial charge in [0.1, 0.15) is 18.4 Å². The number of hydrogen-bond donors (Lipinski definition) is 1. The van der Waals surface area contributed by atoms with Gasteiger partial charge in [-0.3, -0.25) is 24.0 Å². The zero-order valence-electron chi connectivity index (χ0n) is 20.5. The monoisotopic (exact) mass is 522 g/mol. The maximum absolute atomic E-state index is 13.5. The Kier molecular flexibility index (Phi) is 10.3. The number of carbonyl (C=O) groups is 2. The van der Waals surface area contributed by atoms with Crippen LogP contribution in [0.25, 0.3) is 0 Å². The molecule has 10 nitrogen and oxygen atoms in total. The normalized spacial score (nSPS) is 12.0. The van der Waals surface area contributed by atoms with Crippen molar-refractivity contribution in [1.82, 2.24) is 10.2 Å². The topological polar surface area (TPSA) is 130 Å². The summed E-state index contributed by atoms with van der Waals surface area (Å²) >= 11 is 0. The molecule has 0 saturated carbocycles. The Hall–Kier alpha value is -3.54. The molecular weight excluding hydrogens is 491 g/mol. The molecule has 2 aromatic carbocycles. The van der Waals surface area contributed by atoms with E-state index in [2.05, 4.69) is 5.32 Å². The molecule has 0 saturated heterocycles. The lowest BCUT2D eigenvalue weighted by Crippen LogP contribution is -2.52. The minimum absolute atomic E-state index is 0.0535. The van der Waals surface area contributed by atoms with Crippen LogP contribution in [0.2, 0.25) is 0 Å². The number of nitrogens with one attached hydrogen (secondary N) is 1. The fraction of sp³-hybridized carbons (Fsp3) is 0.417. The summed E-state index contributed by atoms with van der Waals surface area (Å²) in [6.45, 7) is 3.38. The number of anilines is 1. The van der Waals surface area contributed by atoms with E-state index in [-0.39, 0.29) is 30.2 Å². The SMILES string of the molecule is CCCCNC(=O)[C@@H](CC)N(Cc1ccc(F)cc1)C(=O)CN(c1cccc([N+](=O)[O-])c1)S(C)(=O)=O. The number of amides is 2. The van der Waals surface area contributed by atoms with Gasteiger partial charge >= 0.3 is 0 Å². The lowest BCUT2D eigenvalue weighted by molar-refractivity contribution is -0.384. The summed E-state index contributed by atoms with van der Waals surface area (Å²) in [6.07, 6.45) is 2.75. The molecule has 0 unspecified atom stereocenters. The summed E-state index contributed by atoms with van der Waals surface area (Å²) in [5.41, 5.74) is 0.159. The third kappa shape index (κ3) is 8.01. The van der Waals surface area contributed by atoms with Crippen molar-refractivity contribution in [3.8, 4) is 0 Å². The van der Waals surface area contributed by atoms with E-state index in [1.807, 2.05) is 6.92 Å². The summed E-state index contributed by atoms with van der Waals surface area (Å²) in [4.78, 5) is 38.2. The molecule has 0 heterocycles. The molecule has 0 aliphatic carbocycles. The van der Waals surface area contributed by atoms with Crippen LogP contribution < -0.4 is 9.62 Å². The summed E-state index contributed by atoms with van der Waals surface area (Å²) < 4.78 is 39.3. The van der Waals surface area contributed by atoms with Crippen LogP contribution in [0, 0.1) is 15.9 Å². The van der Waals surface area contributed by atoms with E-state index in [0.717, 1.165) is 29.5 Å². The van der Waals surface area contributed by atoms with Gasteiger partial charge in [0.05, 0.1) is 16.9 Å². The van der Waals surface area contributed by atoms with Crippen LogP contribution >= 0.6 is 0 Å². The van der Waals surface area contributed by atoms with Gasteiger partial charge in [0.25, 0.3) is 5.69 Å². The molecule has 0 aliphatic heterocycles. The maximum atomic E-state index is 13.5. The van der Waals surface area contributed by atoms with Crippen molar-refractivity contribution < 1.29 is 27.3 Å². The number of carbonyl (C=O) groups excluding carboxylic acids is 2. The first kappa shape index (κ1) is 28.7. The molecular formula is C24H31FN4O6S. The summed E-state index contributed by atoms with van der Waals surface area (Å²) in [5.74, 6) is -1.54. The van der Waals surface area contributed by atoms with Crippen LogP contribution in [0.1, 0.15) is 38.7 Å². The van der Waals surface area contributed by atoms with Crippen molar-refractivity contribution >= 4 is 33.2 Å². The molecule has 2 aromatic rings. The van der Waals surface area contributed by atoms with E-state index < -0.39 is 39.3 Å². The van der Waals surface area contributed by atoms with E-state index in [0.29, 0.717) is 12.1 Å². The van der Waals surface area contributed by atoms with Crippen LogP contribution in [-0.2, 0) is 26.2 Å². The number of halogens is 1. The Morgan fingerprint density at radius 1 is 1.14 bits per heavy atom. The molecule has 0 aliphatic rings. The highest BCUT2D eigenvalue weighted by atomic mass is 32.2. The van der Waals surface area contributed by atoms with E-state index in [4.69, 9.17) is 0 Å². The number of rotatable bonds is 13. The molecule has 0 bridgehead atoms. The number of benzene rings is 2. The molecule has 0 radical (unpaired) electrons. The fourth-order valence-electron chi connectivity index (χ4n) is 3.59. The van der Waals surface area contributed by atoms with Gasteiger partial charge in [-0.05, 0) is 36.6 Å². The highest BCUT2D eigenvalue weighted by Gasteiger charge is 2.32. The number of nitro benzene ring substituents is 1. The van der Waals surface area contributed by atoms with Crippen molar-refractivity contribution in [1.29, 1.82) is 0 Å². The predicted molar refractivity (Wildman–Crippen MR) is 134 cm³/mol. The van der Waals surface area contributed by atoms with Crippen molar-refractivity contribution in [3.05, 3.63) is 70.0 Å². The quantitative estimate of drug-likeness (QED) is 0.244. The molecule has 36 heavy (non-hydrogen) atoms. The van der Waals surface area contributed by atoms with Crippen molar-refractivity contribution in [2.75, 3.05) is 23.7 Å². The molecule has 1 N–H and O–H groups in total. The van der Waals surface area contributed by atoms with Crippen LogP contribution in [0.5, 0.6) is 0 Å². The van der Waals surface area contributed by atoms with Crippen LogP contribution in [-0.4, -0.2) is 55.4 Å². The lowest BCUT2D eigenvalue weighted by Gasteiger charge is -2.32. The summed E-state index contributed by atoms with van der Waals surface area (Å²) in [7, 11) is -4.02. The number of nitro groups is 1. The third-order valence-corrected chi connectivity index (χ3v) is 6.63. The summed E-state index contributed by atoms with van der Waals surface area (Å²) in [5, 5.41) is 14.0. The molecule has 0 spiro atoms. The van der Waals surface area contributed by atoms with Gasteiger partial charge in [-0.15, -0.1) is 0 Å². The standard InChI is InChI=1S/C24H31FN4O6S/c1-4-6-14-26-24(31)22(5-2)27(16-18-10-12-19(25)13-11-18)23(30)17-28(36(3,34)35)20-8-7-9-21(15-20)29(32)33/h7-13,15,22H,4-6,14,16-17H2,1-3H3,(H,26,31)/t22-/m1/s1. The first-order chi connectivity index (χ1) is 17.0. The highest BCUT2D eigenvalue weighted by Crippen LogP contribution is 2.24. The lowest BCUT2D eigenvalue weighted by atomic mass is 10.1. The van der Waals surface area contributed by atoms with Gasteiger partial charge < -0.3 is 10.2 Å². The fourth-order valence-corrected chi connectivity index (χ4v) is 4.43. The zero-order chi connectivity index (χ0) is 26.9. The van der Waals surface area contributed by atoms with Crippen LogP contribution in [0.3, 0.4) is 0 Å². The number of unbranched alkanes of at least 4 members (excludes halogenated alkanes) is 1. The number of hydrogen-bond acceptors (Lipinski definition) is 6. The van der Waals surface area contributed by atoms with Crippen molar-refractivity contribution in [2.45, 2.75) is 45.7 Å². The first-order valence-corrected chi connectivity index (χ1v) is 13.4. The predicted octanol–water partition coefficient (Wildman–Crippen LogP) is 3.22. The maximum Gasteiger partial charge on any atom is 0.271 e. The molecule has 2 rings (SSSR count). The Bertz CT molecular complexity index is 1170. The first-order valence-electron chi connectivity index (χ1n) is 11.5. The Morgan fingerprint density at radius 2 is 1.81 bits per heavy atom. The number of sulfonamides is 1. The minimum atomic E-state index is -4.02. The summed E-state index contributed by atoms with van der Waals surface area (Å²) in [6, 6.07) is 9.44. The second-order valence-electron chi connectivity index (χ2n) is 8.26. The van der Waals surface area contributed by atoms with Crippen molar-refractivity contribution in [2.24, 2.45) is 0 Å². The van der Waals surface area contributed by atoms with Crippen LogP contribution in [0.15, 0.2) is 48.5 Å².